The zero-order chi connectivity index (χ0) is 17.4. The molecule has 3 aromatic rings. The molecule has 3 rings (SSSR count). The molecule has 0 fully saturated rings. The lowest BCUT2D eigenvalue weighted by Gasteiger charge is -2.04. The Morgan fingerprint density at radius 1 is 1.29 bits per heavy atom. The maximum absolute atomic E-state index is 12.4. The molecule has 9 heteroatoms. The van der Waals surface area contributed by atoms with Crippen LogP contribution in [-0.4, -0.2) is 16.9 Å². The van der Waals surface area contributed by atoms with Crippen molar-refractivity contribution in [2.75, 3.05) is 11.1 Å². The van der Waals surface area contributed by atoms with Gasteiger partial charge in [-0.1, -0.05) is 17.7 Å². The van der Waals surface area contributed by atoms with Gasteiger partial charge in [0, 0.05) is 16.1 Å². The number of H-pyrrole nitrogens is 1. The summed E-state index contributed by atoms with van der Waals surface area (Å²) in [5.74, 6) is -2.11. The number of carbonyl (C=O) groups excluding carboxylic acids is 2. The highest BCUT2D eigenvalue weighted by atomic mass is 35.5. The fraction of sp³-hybridized carbons (Fsp3) is 0. The highest BCUT2D eigenvalue weighted by molar-refractivity contribution is 7.21. The number of aromatic carboxylic acids is 1. The lowest BCUT2D eigenvalue weighted by atomic mass is 10.2. The molecule has 0 radical (unpaired) electrons. The van der Waals surface area contributed by atoms with Crippen molar-refractivity contribution in [1.29, 1.82) is 0 Å². The molecule has 0 saturated heterocycles. The first-order valence-electron chi connectivity index (χ1n) is 6.60. The van der Waals surface area contributed by atoms with E-state index in [0.29, 0.717) is 15.5 Å². The van der Waals surface area contributed by atoms with E-state index in [1.807, 2.05) is 0 Å². The Labute approximate surface area is 143 Å². The van der Waals surface area contributed by atoms with Crippen molar-refractivity contribution in [1.82, 2.24) is 4.98 Å². The number of nitrogens with one attached hydrogen (secondary N) is 2. The monoisotopic (exact) mass is 362 g/mol. The number of benzene rings is 1. The minimum absolute atomic E-state index is 0.0771. The smallest absolute Gasteiger partial charge is 0.267 e. The van der Waals surface area contributed by atoms with Gasteiger partial charge in [0.25, 0.3) is 11.5 Å². The van der Waals surface area contributed by atoms with E-state index in [2.05, 4.69) is 10.3 Å². The number of nitrogens with two attached hydrogens (primary N) is 1. The van der Waals surface area contributed by atoms with Crippen LogP contribution in [0.5, 0.6) is 0 Å². The Hall–Kier alpha value is -2.84. The minimum Gasteiger partial charge on any atom is -0.545 e. The van der Waals surface area contributed by atoms with Crippen LogP contribution in [0.2, 0.25) is 5.02 Å². The molecular weight excluding hydrogens is 354 g/mol. The summed E-state index contributed by atoms with van der Waals surface area (Å²) >= 11 is 6.81. The third-order valence-electron chi connectivity index (χ3n) is 3.25. The standard InChI is InChI=1S/C15H10ClN3O4S/c16-6-2-1-3-7(4-6)18-13(21)11-10(17)8-5-9(15(22)23)12(20)19-14(8)24-11/h1-5H,17H2,(H,18,21)(H,19,20)(H,22,23)/p-1. The summed E-state index contributed by atoms with van der Waals surface area (Å²) in [6.07, 6.45) is 0. The van der Waals surface area contributed by atoms with E-state index in [-0.39, 0.29) is 16.0 Å². The van der Waals surface area contributed by atoms with Crippen LogP contribution in [0.15, 0.2) is 35.1 Å². The van der Waals surface area contributed by atoms with Gasteiger partial charge in [-0.15, -0.1) is 11.3 Å². The number of halogens is 1. The van der Waals surface area contributed by atoms with Gasteiger partial charge >= 0.3 is 0 Å². The Morgan fingerprint density at radius 3 is 2.71 bits per heavy atom. The number of fused-ring (bicyclic) bond motifs is 1. The molecule has 0 aliphatic heterocycles. The number of hydrogen-bond acceptors (Lipinski definition) is 6. The number of thiophene rings is 1. The summed E-state index contributed by atoms with van der Waals surface area (Å²) in [6.45, 7) is 0. The number of hydrogen-bond donors (Lipinski definition) is 3. The predicted molar refractivity (Wildman–Crippen MR) is 90.6 cm³/mol. The van der Waals surface area contributed by atoms with E-state index in [4.69, 9.17) is 17.3 Å². The summed E-state index contributed by atoms with van der Waals surface area (Å²) in [6, 6.07) is 7.67. The average molecular weight is 363 g/mol. The van der Waals surface area contributed by atoms with Crippen molar-refractivity contribution in [2.45, 2.75) is 0 Å². The first kappa shape index (κ1) is 16.0. The molecule has 1 aromatic carbocycles. The summed E-state index contributed by atoms with van der Waals surface area (Å²) in [5, 5.41) is 14.3. The molecule has 2 heterocycles. The Morgan fingerprint density at radius 2 is 2.04 bits per heavy atom. The fourth-order valence-electron chi connectivity index (χ4n) is 2.15. The first-order valence-corrected chi connectivity index (χ1v) is 7.80. The van der Waals surface area contributed by atoms with Crippen molar-refractivity contribution in [3.05, 3.63) is 56.1 Å². The lowest BCUT2D eigenvalue weighted by Crippen LogP contribution is -2.29. The van der Waals surface area contributed by atoms with E-state index >= 15 is 0 Å². The number of rotatable bonds is 3. The second-order valence-corrected chi connectivity index (χ2v) is 6.31. The molecule has 1 amide bonds. The molecular formula is C15H9ClN3O4S-. The molecule has 4 N–H and O–H groups in total. The molecule has 0 aliphatic rings. The van der Waals surface area contributed by atoms with Crippen LogP contribution in [0, 0.1) is 0 Å². The fourth-order valence-corrected chi connectivity index (χ4v) is 3.33. The van der Waals surface area contributed by atoms with Crippen LogP contribution in [-0.2, 0) is 0 Å². The Balaban J connectivity index is 2.03. The molecule has 2 aromatic heterocycles. The van der Waals surface area contributed by atoms with Crippen LogP contribution < -0.4 is 21.7 Å². The zero-order valence-electron chi connectivity index (χ0n) is 11.9. The molecule has 122 valence electrons. The van der Waals surface area contributed by atoms with E-state index in [9.17, 15) is 19.5 Å². The summed E-state index contributed by atoms with van der Waals surface area (Å²) < 4.78 is 0. The number of pyridine rings is 1. The normalized spacial score (nSPS) is 10.7. The Bertz CT molecular complexity index is 1040. The molecule has 0 saturated carbocycles. The highest BCUT2D eigenvalue weighted by Gasteiger charge is 2.18. The van der Waals surface area contributed by atoms with E-state index in [1.165, 1.54) is 0 Å². The quantitative estimate of drug-likeness (QED) is 0.649. The van der Waals surface area contributed by atoms with Gasteiger partial charge in [-0.25, -0.2) is 0 Å². The Kier molecular flexibility index (Phi) is 4.00. The van der Waals surface area contributed by atoms with Gasteiger partial charge in [0.15, 0.2) is 0 Å². The van der Waals surface area contributed by atoms with Crippen molar-refractivity contribution in [3.63, 3.8) is 0 Å². The average Bonchev–Trinajstić information content (AvgIpc) is 2.82. The maximum Gasteiger partial charge on any atom is 0.267 e. The summed E-state index contributed by atoms with van der Waals surface area (Å²) in [4.78, 5) is 37.8. The van der Waals surface area contributed by atoms with Crippen molar-refractivity contribution in [3.8, 4) is 0 Å². The second kappa shape index (κ2) is 5.99. The second-order valence-electron chi connectivity index (χ2n) is 4.85. The van der Waals surface area contributed by atoms with Gasteiger partial charge in [-0.2, -0.15) is 0 Å². The number of aromatic amines is 1. The first-order chi connectivity index (χ1) is 11.4. The molecule has 0 bridgehead atoms. The van der Waals surface area contributed by atoms with E-state index < -0.39 is 23.0 Å². The number of carboxylic acids is 1. The molecule has 0 unspecified atom stereocenters. The summed E-state index contributed by atoms with van der Waals surface area (Å²) in [7, 11) is 0. The minimum atomic E-state index is -1.62. The van der Waals surface area contributed by atoms with Crippen LogP contribution >= 0.6 is 22.9 Å². The van der Waals surface area contributed by atoms with Gasteiger partial charge in [-0.05, 0) is 24.3 Å². The topological polar surface area (TPSA) is 128 Å². The third kappa shape index (κ3) is 2.84. The van der Waals surface area contributed by atoms with Crippen LogP contribution in [0.25, 0.3) is 10.2 Å². The van der Waals surface area contributed by atoms with E-state index in [1.54, 1.807) is 24.3 Å². The molecule has 0 spiro atoms. The van der Waals surface area contributed by atoms with Gasteiger partial charge in [0.2, 0.25) is 0 Å². The predicted octanol–water partition coefficient (Wildman–Crippen LogP) is 1.44. The third-order valence-corrected chi connectivity index (χ3v) is 4.62. The molecule has 0 aliphatic carbocycles. The molecule has 24 heavy (non-hydrogen) atoms. The van der Waals surface area contributed by atoms with Gasteiger partial charge in [-0.3, -0.25) is 9.59 Å². The highest BCUT2D eigenvalue weighted by Crippen LogP contribution is 2.32. The lowest BCUT2D eigenvalue weighted by molar-refractivity contribution is -0.255. The summed E-state index contributed by atoms with van der Waals surface area (Å²) in [5.41, 5.74) is 5.13. The van der Waals surface area contributed by atoms with Crippen molar-refractivity contribution < 1.29 is 14.7 Å². The number of carboxylic acid groups (broad SMARTS) is 1. The number of nitrogen functional groups attached to an aromatic ring is 1. The number of carbonyl (C=O) groups is 2. The number of aromatic nitrogens is 1. The van der Waals surface area contributed by atoms with Gasteiger partial charge < -0.3 is 25.9 Å². The van der Waals surface area contributed by atoms with Crippen LogP contribution in [0.3, 0.4) is 0 Å². The van der Waals surface area contributed by atoms with E-state index in [0.717, 1.165) is 17.4 Å². The van der Waals surface area contributed by atoms with Gasteiger partial charge in [0.05, 0.1) is 17.2 Å². The van der Waals surface area contributed by atoms with Gasteiger partial charge in [0.1, 0.15) is 9.71 Å². The largest absolute Gasteiger partial charge is 0.545 e. The zero-order valence-corrected chi connectivity index (χ0v) is 13.5. The SMILES string of the molecule is Nc1c(C(=O)Nc2cccc(Cl)c2)sc2[nH]c(=O)c(C(=O)[O-])cc12. The van der Waals surface area contributed by atoms with Crippen LogP contribution in [0.1, 0.15) is 20.0 Å². The number of amides is 1. The molecule has 7 nitrogen and oxygen atoms in total. The number of anilines is 2. The molecule has 0 atom stereocenters. The van der Waals surface area contributed by atoms with Crippen molar-refractivity contribution >= 4 is 56.4 Å². The van der Waals surface area contributed by atoms with Crippen LogP contribution in [0.4, 0.5) is 11.4 Å². The van der Waals surface area contributed by atoms with Crippen molar-refractivity contribution in [2.24, 2.45) is 0 Å². The maximum atomic E-state index is 12.4.